The molecule has 41 heavy (non-hydrogen) atoms. The molecule has 1 aliphatic carbocycles. The monoisotopic (exact) mass is 729 g/mol. The predicted molar refractivity (Wildman–Crippen MR) is 168 cm³/mol. The Morgan fingerprint density at radius 3 is 2.29 bits per heavy atom. The van der Waals surface area contributed by atoms with Crippen LogP contribution < -0.4 is 0 Å². The van der Waals surface area contributed by atoms with Crippen LogP contribution in [-0.2, 0) is 35.7 Å². The van der Waals surface area contributed by atoms with Gasteiger partial charge in [0.2, 0.25) is 0 Å². The van der Waals surface area contributed by atoms with E-state index >= 15 is 0 Å². The minimum atomic E-state index is 0. The second-order valence-corrected chi connectivity index (χ2v) is 13.0. The molecule has 1 radical (unpaired) electrons. The number of hydrogen-bond acceptors (Lipinski definition) is 3. The fourth-order valence-electron chi connectivity index (χ4n) is 5.70. The van der Waals surface area contributed by atoms with Crippen molar-refractivity contribution in [2.24, 2.45) is 11.8 Å². The van der Waals surface area contributed by atoms with Gasteiger partial charge in [-0.2, -0.15) is 5.70 Å². The summed E-state index contributed by atoms with van der Waals surface area (Å²) in [6, 6.07) is 15.8. The first kappa shape index (κ1) is 32.8. The fourth-order valence-corrected chi connectivity index (χ4v) is 5.70. The van der Waals surface area contributed by atoms with E-state index in [2.05, 4.69) is 63.1 Å². The van der Waals surface area contributed by atoms with Crippen molar-refractivity contribution in [3.8, 4) is 11.3 Å². The van der Waals surface area contributed by atoms with Gasteiger partial charge in [0.05, 0.1) is 0 Å². The molecule has 0 atom stereocenters. The summed E-state index contributed by atoms with van der Waals surface area (Å²) in [5, 5.41) is 6.44. The number of aromatic nitrogens is 1. The topological polar surface area (TPSA) is 57.2 Å². The summed E-state index contributed by atoms with van der Waals surface area (Å²) in [7, 11) is 1.72. The molecule has 0 amide bonds. The second-order valence-electron chi connectivity index (χ2n) is 13.0. The molecule has 221 valence electrons. The van der Waals surface area contributed by atoms with Crippen molar-refractivity contribution >= 4 is 27.7 Å². The summed E-state index contributed by atoms with van der Waals surface area (Å²) in [6.07, 6.45) is 5.90. The normalized spacial score (nSPS) is 15.8. The molecular weight excluding hydrogens is 685 g/mol. The summed E-state index contributed by atoms with van der Waals surface area (Å²) in [5.41, 5.74) is 9.00. The number of furan rings is 1. The average molecular weight is 729 g/mol. The maximum Gasteiger partial charge on any atom is 0.156 e. The van der Waals surface area contributed by atoms with Gasteiger partial charge in [-0.25, -0.2) is 0 Å². The van der Waals surface area contributed by atoms with Crippen molar-refractivity contribution in [1.82, 2.24) is 4.98 Å². The molecule has 1 aliphatic rings. The number of fused-ring (bicyclic) bond motifs is 5. The molecule has 0 N–H and O–H groups in total. The van der Waals surface area contributed by atoms with E-state index in [1.54, 1.807) is 13.1 Å². The van der Waals surface area contributed by atoms with Gasteiger partial charge >= 0.3 is 0 Å². The van der Waals surface area contributed by atoms with Crippen LogP contribution in [0, 0.1) is 24.8 Å². The van der Waals surface area contributed by atoms with Gasteiger partial charge in [-0.1, -0.05) is 61.5 Å². The van der Waals surface area contributed by atoms with Gasteiger partial charge in [0.15, 0.2) is 5.78 Å². The molecule has 2 heterocycles. The number of carbonyl (C=O) groups excluding carboxylic acids is 1. The molecule has 4 nitrogen and oxygen atoms in total. The Bertz CT molecular complexity index is 1560. The van der Waals surface area contributed by atoms with Gasteiger partial charge in [-0.3, -0.25) is 4.79 Å². The maximum absolute atomic E-state index is 11.3. The van der Waals surface area contributed by atoms with Crippen molar-refractivity contribution in [2.75, 3.05) is 7.05 Å². The van der Waals surface area contributed by atoms with Gasteiger partial charge in [-0.05, 0) is 59.8 Å². The van der Waals surface area contributed by atoms with Gasteiger partial charge in [-0.15, -0.1) is 42.9 Å². The number of ketones is 1. The molecule has 0 bridgehead atoms. The van der Waals surface area contributed by atoms with Crippen LogP contribution in [0.15, 0.2) is 58.8 Å². The largest absolute Gasteiger partial charge is 0.690 e. The second kappa shape index (κ2) is 12.6. The van der Waals surface area contributed by atoms with Crippen LogP contribution in [0.1, 0.15) is 84.9 Å². The summed E-state index contributed by atoms with van der Waals surface area (Å²) in [4.78, 5) is 15.9. The van der Waals surface area contributed by atoms with Crippen LogP contribution in [0.5, 0.6) is 0 Å². The van der Waals surface area contributed by atoms with E-state index in [9.17, 15) is 4.79 Å². The standard InChI is InChI=1S/C26H26NO.C10H19NO.Ir/c1-16-15-19-21(26(4,5)13-12-25(19,2)3)24-20(16)18-11-14-27-22(23(18)28-24)17-9-7-6-8-10-17;1-7(2)9(11-5)6-10(12)8(3)4;/h6-9,11,14-15H,12-13H2,1-5H3;6-8H,1-5H3,(H,11,12);/q-1;;/p-1. The van der Waals surface area contributed by atoms with Crippen LogP contribution in [0.25, 0.3) is 38.5 Å². The molecule has 2 aromatic carbocycles. The molecule has 2 aromatic heterocycles. The number of hydrogen-bond donors (Lipinski definition) is 0. The van der Waals surface area contributed by atoms with Crippen LogP contribution >= 0.6 is 0 Å². The van der Waals surface area contributed by atoms with Gasteiger partial charge in [0, 0.05) is 54.2 Å². The van der Waals surface area contributed by atoms with Crippen molar-refractivity contribution in [3.63, 3.8) is 0 Å². The molecule has 0 unspecified atom stereocenters. The average Bonchev–Trinajstić information content (AvgIpc) is 3.30. The predicted octanol–water partition coefficient (Wildman–Crippen LogP) is 9.86. The third-order valence-electron chi connectivity index (χ3n) is 8.31. The Morgan fingerprint density at radius 2 is 1.71 bits per heavy atom. The molecule has 0 fully saturated rings. The molecule has 0 saturated carbocycles. The molecule has 5 heteroatoms. The first-order valence-corrected chi connectivity index (χ1v) is 14.5. The Balaban J connectivity index is 0.000000305. The number of nitrogens with zero attached hydrogens (tertiary/aromatic N) is 2. The SMILES string of the molecule is C[N-]/C(=C\C(=O)C(C)C)C(C)C.Cc1cc2c(c3oc4c(-c5[c-]cccc5)nccc4c13)C(C)(C)CCC2(C)C.[Ir]. The van der Waals surface area contributed by atoms with E-state index in [0.29, 0.717) is 5.92 Å². The number of allylic oxidation sites excluding steroid dienone is 2. The molecule has 0 aliphatic heterocycles. The number of pyridine rings is 1. The van der Waals surface area contributed by atoms with Crippen molar-refractivity contribution in [1.29, 1.82) is 0 Å². The third-order valence-corrected chi connectivity index (χ3v) is 8.31. The first-order valence-electron chi connectivity index (χ1n) is 14.5. The van der Waals surface area contributed by atoms with Crippen LogP contribution in [0.2, 0.25) is 0 Å². The minimum Gasteiger partial charge on any atom is -0.690 e. The zero-order valence-electron chi connectivity index (χ0n) is 26.2. The zero-order valence-corrected chi connectivity index (χ0v) is 28.6. The summed E-state index contributed by atoms with van der Waals surface area (Å²) >= 11 is 0. The Hall–Kier alpha value is -2.75. The Labute approximate surface area is 259 Å². The van der Waals surface area contributed by atoms with Crippen LogP contribution in [0.3, 0.4) is 0 Å². The number of benzene rings is 2. The van der Waals surface area contributed by atoms with E-state index in [1.807, 2.05) is 58.2 Å². The molecule has 0 spiro atoms. The number of carbonyl (C=O) groups is 1. The van der Waals surface area contributed by atoms with Gasteiger partial charge < -0.3 is 14.7 Å². The zero-order chi connectivity index (χ0) is 29.4. The van der Waals surface area contributed by atoms with Crippen molar-refractivity contribution in [3.05, 3.63) is 82.4 Å². The molecule has 4 aromatic rings. The molecule has 0 saturated heterocycles. The van der Waals surface area contributed by atoms with E-state index in [4.69, 9.17) is 4.42 Å². The fraction of sp³-hybridized carbons (Fsp3) is 0.444. The van der Waals surface area contributed by atoms with E-state index < -0.39 is 0 Å². The smallest absolute Gasteiger partial charge is 0.156 e. The van der Waals surface area contributed by atoms with E-state index in [-0.39, 0.29) is 42.6 Å². The van der Waals surface area contributed by atoms with Crippen molar-refractivity contribution < 1.29 is 29.3 Å². The maximum atomic E-state index is 11.3. The minimum absolute atomic E-state index is 0. The number of rotatable bonds is 5. The van der Waals surface area contributed by atoms with E-state index in [0.717, 1.165) is 33.5 Å². The van der Waals surface area contributed by atoms with Gasteiger partial charge in [0.25, 0.3) is 0 Å². The summed E-state index contributed by atoms with van der Waals surface area (Å²) < 4.78 is 6.66. The van der Waals surface area contributed by atoms with E-state index in [1.165, 1.54) is 34.9 Å². The summed E-state index contributed by atoms with van der Waals surface area (Å²) in [5.74, 6) is 0.558. The Kier molecular flexibility index (Phi) is 10.1. The first-order chi connectivity index (χ1) is 18.8. The van der Waals surface area contributed by atoms with Crippen molar-refractivity contribution in [2.45, 2.75) is 86.0 Å². The van der Waals surface area contributed by atoms with Crippen LogP contribution in [-0.4, -0.2) is 17.8 Å². The Morgan fingerprint density at radius 1 is 1.02 bits per heavy atom. The molecule has 5 rings (SSSR count). The van der Waals surface area contributed by atoms with Crippen LogP contribution in [0.4, 0.5) is 0 Å². The molecular formula is C36H44IrN2O2-2. The summed E-state index contributed by atoms with van der Waals surface area (Å²) in [6.45, 7) is 19.5. The number of aryl methyl sites for hydroxylation is 1. The third kappa shape index (κ3) is 6.52. The quantitative estimate of drug-likeness (QED) is 0.152. The van der Waals surface area contributed by atoms with Gasteiger partial charge in [0.1, 0.15) is 11.2 Å².